The van der Waals surface area contributed by atoms with Gasteiger partial charge in [-0.15, -0.1) is 0 Å². The molecule has 10 heteroatoms. The second-order valence-corrected chi connectivity index (χ2v) is 15.1. The number of pyridine rings is 1. The van der Waals surface area contributed by atoms with E-state index >= 15 is 0 Å². The third-order valence-corrected chi connectivity index (χ3v) is 11.0. The molecule has 0 spiro atoms. The van der Waals surface area contributed by atoms with Crippen molar-refractivity contribution in [1.29, 1.82) is 0 Å². The van der Waals surface area contributed by atoms with E-state index in [-0.39, 0.29) is 29.5 Å². The molecule has 186 valence electrons. The van der Waals surface area contributed by atoms with Gasteiger partial charge < -0.3 is 18.8 Å². The summed E-state index contributed by atoms with van der Waals surface area (Å²) in [5.74, 6) is 0.274. The van der Waals surface area contributed by atoms with E-state index in [9.17, 15) is 9.18 Å². The topological polar surface area (TPSA) is 72.9 Å². The number of rotatable bonds is 7. The molecule has 0 aliphatic carbocycles. The van der Waals surface area contributed by atoms with Crippen LogP contribution in [0.2, 0.25) is 23.2 Å². The molecule has 0 radical (unpaired) electrons. The van der Waals surface area contributed by atoms with Gasteiger partial charge in [-0.1, -0.05) is 38.4 Å². The quantitative estimate of drug-likeness (QED) is 0.484. The Kier molecular flexibility index (Phi) is 8.56. The second kappa shape index (κ2) is 11.0. The first-order valence-electron chi connectivity index (χ1n) is 11.3. The van der Waals surface area contributed by atoms with Crippen molar-refractivity contribution in [2.45, 2.75) is 51.6 Å². The highest BCUT2D eigenvalue weighted by molar-refractivity contribution is 6.74. The van der Waals surface area contributed by atoms with Gasteiger partial charge in [-0.2, -0.15) is 0 Å². The number of ether oxygens (including phenoxy) is 2. The number of nitrogens with zero attached hydrogens (tertiary/aromatic N) is 2. The minimum Gasteiger partial charge on any atom is -0.489 e. The average Bonchev–Trinajstić information content (AvgIpc) is 2.78. The Hall–Kier alpha value is -2.20. The number of aromatic nitrogens is 1. The van der Waals surface area contributed by atoms with E-state index in [1.807, 2.05) is 6.07 Å². The normalized spacial score (nSPS) is 16.9. The van der Waals surface area contributed by atoms with Gasteiger partial charge in [-0.3, -0.25) is 5.32 Å². The van der Waals surface area contributed by atoms with Gasteiger partial charge in [-0.05, 0) is 41.9 Å². The van der Waals surface area contributed by atoms with Crippen molar-refractivity contribution in [3.05, 3.63) is 52.9 Å². The molecule has 3 rings (SSSR count). The number of amides is 2. The lowest BCUT2D eigenvalue weighted by Crippen LogP contribution is -2.49. The summed E-state index contributed by atoms with van der Waals surface area (Å²) in [6.07, 6.45) is 1.36. The molecule has 0 bridgehead atoms. The molecule has 7 nitrogen and oxygen atoms in total. The van der Waals surface area contributed by atoms with Gasteiger partial charge in [-0.25, -0.2) is 14.2 Å². The Bertz CT molecular complexity index is 985. The first-order valence-corrected chi connectivity index (χ1v) is 14.6. The maximum absolute atomic E-state index is 13.4. The third kappa shape index (κ3) is 7.15. The van der Waals surface area contributed by atoms with E-state index in [1.165, 1.54) is 18.2 Å². The molecule has 1 unspecified atom stereocenters. The highest BCUT2D eigenvalue weighted by Gasteiger charge is 2.37. The highest BCUT2D eigenvalue weighted by atomic mass is 35.5. The predicted molar refractivity (Wildman–Crippen MR) is 133 cm³/mol. The summed E-state index contributed by atoms with van der Waals surface area (Å²) < 4.78 is 30.9. The molecule has 1 aliphatic heterocycles. The average molecular weight is 510 g/mol. The minimum absolute atomic E-state index is 0.138. The van der Waals surface area contributed by atoms with Crippen LogP contribution in [0.5, 0.6) is 5.75 Å². The van der Waals surface area contributed by atoms with E-state index in [0.717, 1.165) is 5.56 Å². The molecule has 1 aromatic carbocycles. The SMILES string of the molecule is CC(C)(C)[Si](C)(C)OCc1ccc(NC(=O)N2CCOC(COc3cc(F)ccc3Cl)C2)nc1. The van der Waals surface area contributed by atoms with Crippen LogP contribution in [0.1, 0.15) is 26.3 Å². The Morgan fingerprint density at radius 2 is 2.09 bits per heavy atom. The van der Waals surface area contributed by atoms with Gasteiger partial charge in [0.25, 0.3) is 0 Å². The van der Waals surface area contributed by atoms with Gasteiger partial charge in [0.2, 0.25) is 0 Å². The lowest BCUT2D eigenvalue weighted by molar-refractivity contribution is -0.0337. The largest absolute Gasteiger partial charge is 0.489 e. The number of morpholine rings is 1. The molecule has 1 saturated heterocycles. The summed E-state index contributed by atoms with van der Waals surface area (Å²) in [5, 5.41) is 3.28. The monoisotopic (exact) mass is 509 g/mol. The summed E-state index contributed by atoms with van der Waals surface area (Å²) in [6.45, 7) is 12.8. The van der Waals surface area contributed by atoms with Crippen LogP contribution in [-0.2, 0) is 15.8 Å². The number of halogens is 2. The number of nitrogens with one attached hydrogen (secondary N) is 1. The van der Waals surface area contributed by atoms with E-state index < -0.39 is 14.1 Å². The van der Waals surface area contributed by atoms with Crippen LogP contribution >= 0.6 is 11.6 Å². The number of hydrogen-bond donors (Lipinski definition) is 1. The van der Waals surface area contributed by atoms with Crippen LogP contribution in [0, 0.1) is 5.82 Å². The zero-order valence-corrected chi connectivity index (χ0v) is 22.1. The summed E-state index contributed by atoms with van der Waals surface area (Å²) in [4.78, 5) is 18.7. The second-order valence-electron chi connectivity index (χ2n) is 9.86. The van der Waals surface area contributed by atoms with Gasteiger partial charge in [0, 0.05) is 18.8 Å². The predicted octanol–water partition coefficient (Wildman–Crippen LogP) is 5.71. The molecule has 1 aliphatic rings. The number of urea groups is 1. The van der Waals surface area contributed by atoms with E-state index in [0.29, 0.717) is 37.1 Å². The molecule has 34 heavy (non-hydrogen) atoms. The molecule has 1 atom stereocenters. The fourth-order valence-corrected chi connectivity index (χ4v) is 4.16. The first kappa shape index (κ1) is 26.4. The Morgan fingerprint density at radius 3 is 2.76 bits per heavy atom. The minimum atomic E-state index is -1.84. The lowest BCUT2D eigenvalue weighted by Gasteiger charge is -2.36. The van der Waals surface area contributed by atoms with Crippen LogP contribution in [-0.4, -0.2) is 56.6 Å². The fraction of sp³-hybridized carbons (Fsp3) is 0.500. The van der Waals surface area contributed by atoms with E-state index in [4.69, 9.17) is 25.5 Å². The van der Waals surface area contributed by atoms with E-state index in [1.54, 1.807) is 17.2 Å². The Morgan fingerprint density at radius 1 is 1.32 bits per heavy atom. The van der Waals surface area contributed by atoms with Gasteiger partial charge >= 0.3 is 6.03 Å². The zero-order valence-electron chi connectivity index (χ0n) is 20.4. The number of hydrogen-bond acceptors (Lipinski definition) is 5. The van der Waals surface area contributed by atoms with Gasteiger partial charge in [0.15, 0.2) is 8.32 Å². The number of carbonyl (C=O) groups excluding carboxylic acids is 1. The standard InChI is InChI=1S/C24H33ClFN3O4Si/c1-24(2,3)34(4,5)33-15-17-6-9-22(27-13-17)28-23(30)29-10-11-31-19(14-29)16-32-21-12-18(26)7-8-20(21)25/h6-9,12-13,19H,10-11,14-16H2,1-5H3,(H,27,28,30). The molecule has 2 amide bonds. The van der Waals surface area contributed by atoms with Crippen molar-refractivity contribution in [3.8, 4) is 5.75 Å². The van der Waals surface area contributed by atoms with E-state index in [2.05, 4.69) is 44.2 Å². The van der Waals surface area contributed by atoms with Crippen LogP contribution in [0.3, 0.4) is 0 Å². The number of benzene rings is 1. The maximum Gasteiger partial charge on any atom is 0.323 e. The zero-order chi connectivity index (χ0) is 24.9. The number of carbonyl (C=O) groups is 1. The summed E-state index contributed by atoms with van der Waals surface area (Å²) in [5.41, 5.74) is 0.961. The lowest BCUT2D eigenvalue weighted by atomic mass is 10.2. The Labute approximate surface area is 206 Å². The van der Waals surface area contributed by atoms with Crippen molar-refractivity contribution >= 4 is 31.8 Å². The van der Waals surface area contributed by atoms with Crippen molar-refractivity contribution < 1.29 is 23.1 Å². The molecule has 1 aromatic heterocycles. The van der Waals surface area contributed by atoms with Crippen molar-refractivity contribution in [2.24, 2.45) is 0 Å². The molecule has 2 aromatic rings. The summed E-state index contributed by atoms with van der Waals surface area (Å²) in [7, 11) is -1.84. The third-order valence-electron chi connectivity index (χ3n) is 6.21. The molecule has 0 saturated carbocycles. The van der Waals surface area contributed by atoms with Crippen LogP contribution < -0.4 is 10.1 Å². The first-order chi connectivity index (χ1) is 15.9. The maximum atomic E-state index is 13.4. The van der Waals surface area contributed by atoms with Gasteiger partial charge in [0.05, 0.1) is 24.8 Å². The molecule has 2 heterocycles. The van der Waals surface area contributed by atoms with Crippen molar-refractivity contribution in [1.82, 2.24) is 9.88 Å². The van der Waals surface area contributed by atoms with Crippen molar-refractivity contribution in [2.75, 3.05) is 31.6 Å². The summed E-state index contributed by atoms with van der Waals surface area (Å²) in [6, 6.07) is 7.34. The smallest absolute Gasteiger partial charge is 0.323 e. The highest BCUT2D eigenvalue weighted by Crippen LogP contribution is 2.37. The summed E-state index contributed by atoms with van der Waals surface area (Å²) >= 11 is 6.04. The van der Waals surface area contributed by atoms with Crippen molar-refractivity contribution in [3.63, 3.8) is 0 Å². The van der Waals surface area contributed by atoms with Crippen LogP contribution in [0.15, 0.2) is 36.5 Å². The van der Waals surface area contributed by atoms with Crippen LogP contribution in [0.25, 0.3) is 0 Å². The van der Waals surface area contributed by atoms with Gasteiger partial charge in [0.1, 0.15) is 30.1 Å². The molecule has 1 N–H and O–H groups in total. The number of anilines is 1. The van der Waals surface area contributed by atoms with Crippen LogP contribution in [0.4, 0.5) is 15.0 Å². The molecule has 1 fully saturated rings. The molecular formula is C24H33ClFN3O4Si. The molecular weight excluding hydrogens is 477 g/mol. The fourth-order valence-electron chi connectivity index (χ4n) is 3.03. The Balaban J connectivity index is 1.49.